The van der Waals surface area contributed by atoms with E-state index in [2.05, 4.69) is 0 Å². The van der Waals surface area contributed by atoms with Crippen molar-refractivity contribution < 1.29 is 17.9 Å². The molecular formula is C11H14INO4S. The zero-order valence-corrected chi connectivity index (χ0v) is 13.2. The van der Waals surface area contributed by atoms with Gasteiger partial charge in [0.25, 0.3) is 10.0 Å². The summed E-state index contributed by atoms with van der Waals surface area (Å²) in [4.78, 5) is 11.4. The van der Waals surface area contributed by atoms with Crippen LogP contribution in [0.2, 0.25) is 0 Å². The molecule has 0 aromatic heterocycles. The summed E-state index contributed by atoms with van der Waals surface area (Å²) in [6.07, 6.45) is -0.985. The molecule has 0 radical (unpaired) electrons. The number of hydrogen-bond acceptors (Lipinski definition) is 4. The van der Waals surface area contributed by atoms with Crippen molar-refractivity contribution >= 4 is 38.7 Å². The maximum absolute atomic E-state index is 11.9. The number of rotatable bonds is 2. The van der Waals surface area contributed by atoms with Crippen molar-refractivity contribution in [3.05, 3.63) is 27.8 Å². The average Bonchev–Trinajstić information content (AvgIpc) is 2.13. The summed E-state index contributed by atoms with van der Waals surface area (Å²) in [6, 6.07) is 6.24. The van der Waals surface area contributed by atoms with Gasteiger partial charge < -0.3 is 4.74 Å². The van der Waals surface area contributed by atoms with E-state index in [0.717, 1.165) is 3.57 Å². The van der Waals surface area contributed by atoms with Crippen LogP contribution in [0.4, 0.5) is 4.79 Å². The lowest BCUT2D eigenvalue weighted by molar-refractivity contribution is 0.0570. The zero-order chi connectivity index (χ0) is 14.0. The number of amides is 1. The van der Waals surface area contributed by atoms with Crippen LogP contribution in [0, 0.1) is 3.57 Å². The van der Waals surface area contributed by atoms with Gasteiger partial charge in [-0.05, 0) is 61.6 Å². The summed E-state index contributed by atoms with van der Waals surface area (Å²) in [6.45, 7) is 4.97. The lowest BCUT2D eigenvalue weighted by Gasteiger charge is -2.19. The molecule has 1 aromatic carbocycles. The van der Waals surface area contributed by atoms with Crippen LogP contribution in [0.3, 0.4) is 0 Å². The first kappa shape index (κ1) is 15.2. The van der Waals surface area contributed by atoms with E-state index in [1.165, 1.54) is 12.1 Å². The van der Waals surface area contributed by atoms with E-state index in [9.17, 15) is 13.2 Å². The van der Waals surface area contributed by atoms with Crippen molar-refractivity contribution in [1.29, 1.82) is 0 Å². The van der Waals surface area contributed by atoms with Crippen LogP contribution in [0.1, 0.15) is 20.8 Å². The first-order valence-corrected chi connectivity index (χ1v) is 7.68. The van der Waals surface area contributed by atoms with Crippen molar-refractivity contribution in [2.24, 2.45) is 0 Å². The third-order valence-electron chi connectivity index (χ3n) is 1.72. The standard InChI is InChI=1S/C11H14INO4S/c1-11(2,3)17-10(14)13-18(15,16)9-6-4-5-8(12)7-9/h4-7H,1-3H3,(H,13,14). The van der Waals surface area contributed by atoms with Crippen LogP contribution in [0.5, 0.6) is 0 Å². The van der Waals surface area contributed by atoms with Gasteiger partial charge in [0.15, 0.2) is 0 Å². The molecule has 5 nitrogen and oxygen atoms in total. The largest absolute Gasteiger partial charge is 0.443 e. The molecule has 0 fully saturated rings. The van der Waals surface area contributed by atoms with Crippen LogP contribution >= 0.6 is 22.6 Å². The Morgan fingerprint density at radius 1 is 1.33 bits per heavy atom. The van der Waals surface area contributed by atoms with E-state index in [1.54, 1.807) is 32.9 Å². The molecule has 18 heavy (non-hydrogen) atoms. The van der Waals surface area contributed by atoms with Gasteiger partial charge in [0.1, 0.15) is 5.60 Å². The Kier molecular flexibility index (Phi) is 4.60. The molecule has 0 unspecified atom stereocenters. The van der Waals surface area contributed by atoms with Crippen molar-refractivity contribution in [2.75, 3.05) is 0 Å². The molecular weight excluding hydrogens is 369 g/mol. The predicted octanol–water partition coefficient (Wildman–Crippen LogP) is 2.50. The molecule has 0 spiro atoms. The molecule has 7 heteroatoms. The molecule has 1 N–H and O–H groups in total. The molecule has 0 saturated carbocycles. The summed E-state index contributed by atoms with van der Waals surface area (Å²) < 4.78 is 31.3. The molecule has 0 aliphatic rings. The molecule has 1 rings (SSSR count). The molecule has 1 amide bonds. The van der Waals surface area contributed by atoms with Crippen LogP contribution in [-0.2, 0) is 14.8 Å². The van der Waals surface area contributed by atoms with Gasteiger partial charge in [-0.25, -0.2) is 17.9 Å². The van der Waals surface area contributed by atoms with Gasteiger partial charge in [-0.15, -0.1) is 0 Å². The van der Waals surface area contributed by atoms with Crippen molar-refractivity contribution in [1.82, 2.24) is 4.72 Å². The van der Waals surface area contributed by atoms with Crippen LogP contribution < -0.4 is 4.72 Å². The molecule has 0 aliphatic carbocycles. The highest BCUT2D eigenvalue weighted by Gasteiger charge is 2.22. The fourth-order valence-corrected chi connectivity index (χ4v) is 2.77. The highest BCUT2D eigenvalue weighted by molar-refractivity contribution is 14.1. The molecule has 100 valence electrons. The third-order valence-corrected chi connectivity index (χ3v) is 3.70. The molecule has 1 aromatic rings. The second kappa shape index (κ2) is 5.43. The SMILES string of the molecule is CC(C)(C)OC(=O)NS(=O)(=O)c1cccc(I)c1. The Labute approximate surface area is 120 Å². The lowest BCUT2D eigenvalue weighted by Crippen LogP contribution is -2.36. The number of benzene rings is 1. The van der Waals surface area contributed by atoms with E-state index < -0.39 is 21.7 Å². The van der Waals surface area contributed by atoms with Crippen molar-refractivity contribution in [3.63, 3.8) is 0 Å². The van der Waals surface area contributed by atoms with E-state index >= 15 is 0 Å². The quantitative estimate of drug-likeness (QED) is 0.797. The highest BCUT2D eigenvalue weighted by Crippen LogP contribution is 2.14. The topological polar surface area (TPSA) is 72.5 Å². The average molecular weight is 383 g/mol. The second-order valence-corrected chi connectivity index (χ2v) is 7.49. The van der Waals surface area contributed by atoms with Crippen LogP contribution in [0.15, 0.2) is 29.2 Å². The van der Waals surface area contributed by atoms with E-state index in [-0.39, 0.29) is 4.90 Å². The number of sulfonamides is 1. The number of halogens is 1. The Hall–Kier alpha value is -0.830. The van der Waals surface area contributed by atoms with Gasteiger partial charge in [0.05, 0.1) is 4.90 Å². The Morgan fingerprint density at radius 3 is 2.44 bits per heavy atom. The number of carbonyl (C=O) groups excluding carboxylic acids is 1. The monoisotopic (exact) mass is 383 g/mol. The first-order chi connectivity index (χ1) is 8.10. The zero-order valence-electron chi connectivity index (χ0n) is 10.2. The molecule has 0 heterocycles. The predicted molar refractivity (Wildman–Crippen MR) is 75.7 cm³/mol. The fourth-order valence-electron chi connectivity index (χ4n) is 1.10. The van der Waals surface area contributed by atoms with Gasteiger partial charge in [-0.2, -0.15) is 0 Å². The first-order valence-electron chi connectivity index (χ1n) is 5.11. The van der Waals surface area contributed by atoms with Gasteiger partial charge in [0, 0.05) is 3.57 Å². The van der Waals surface area contributed by atoms with Crippen LogP contribution in [0.25, 0.3) is 0 Å². The second-order valence-electron chi connectivity index (χ2n) is 4.56. The smallest absolute Gasteiger partial charge is 0.421 e. The van der Waals surface area contributed by atoms with Gasteiger partial charge in [0.2, 0.25) is 0 Å². The maximum atomic E-state index is 11.9. The Bertz CT molecular complexity index is 548. The minimum Gasteiger partial charge on any atom is -0.443 e. The summed E-state index contributed by atoms with van der Waals surface area (Å²) in [7, 11) is -3.88. The third kappa shape index (κ3) is 4.81. The van der Waals surface area contributed by atoms with Gasteiger partial charge >= 0.3 is 6.09 Å². The summed E-state index contributed by atoms with van der Waals surface area (Å²) in [5.74, 6) is 0. The van der Waals surface area contributed by atoms with Gasteiger partial charge in [-0.1, -0.05) is 6.07 Å². The molecule has 0 bridgehead atoms. The van der Waals surface area contributed by atoms with Crippen molar-refractivity contribution in [2.45, 2.75) is 31.3 Å². The summed E-state index contributed by atoms with van der Waals surface area (Å²) in [5.41, 5.74) is -0.745. The Balaban J connectivity index is 2.87. The molecule has 0 saturated heterocycles. The maximum Gasteiger partial charge on any atom is 0.421 e. The number of carbonyl (C=O) groups is 1. The molecule has 0 aliphatic heterocycles. The van der Waals surface area contributed by atoms with Gasteiger partial charge in [-0.3, -0.25) is 0 Å². The van der Waals surface area contributed by atoms with Crippen molar-refractivity contribution in [3.8, 4) is 0 Å². The highest BCUT2D eigenvalue weighted by atomic mass is 127. The minimum absolute atomic E-state index is 0.0280. The number of nitrogens with one attached hydrogen (secondary N) is 1. The number of ether oxygens (including phenoxy) is 1. The normalized spacial score (nSPS) is 12.0. The number of hydrogen-bond donors (Lipinski definition) is 1. The molecule has 0 atom stereocenters. The fraction of sp³-hybridized carbons (Fsp3) is 0.364. The minimum atomic E-state index is -3.88. The summed E-state index contributed by atoms with van der Waals surface area (Å²) in [5, 5.41) is 0. The lowest BCUT2D eigenvalue weighted by atomic mass is 10.2. The van der Waals surface area contributed by atoms with Crippen LogP contribution in [-0.4, -0.2) is 20.1 Å². The van der Waals surface area contributed by atoms with E-state index in [1.807, 2.05) is 27.3 Å². The van der Waals surface area contributed by atoms with E-state index in [0.29, 0.717) is 0 Å². The summed E-state index contributed by atoms with van der Waals surface area (Å²) >= 11 is 1.99. The Morgan fingerprint density at radius 2 is 1.94 bits per heavy atom. The van der Waals surface area contributed by atoms with E-state index in [4.69, 9.17) is 4.74 Å².